The van der Waals surface area contributed by atoms with Gasteiger partial charge in [-0.25, -0.2) is 9.59 Å². The number of rotatable bonds is 5. The Hall–Kier alpha value is -2.05. The molecule has 0 aliphatic heterocycles. The number of nitrogens with zero attached hydrogens (tertiary/aromatic N) is 1. The fourth-order valence-corrected chi connectivity index (χ4v) is 1.71. The zero-order chi connectivity index (χ0) is 14.6. The monoisotopic (exact) mass is 268 g/mol. The maximum atomic E-state index is 11.8. The minimum absolute atomic E-state index is 0.144. The van der Waals surface area contributed by atoms with Crippen LogP contribution in [-0.2, 0) is 4.79 Å². The minimum Gasteiger partial charge on any atom is -0.480 e. The van der Waals surface area contributed by atoms with Crippen LogP contribution in [0.4, 0.5) is 10.5 Å². The Morgan fingerprint density at radius 1 is 1.42 bits per heavy atom. The first-order valence-electron chi connectivity index (χ1n) is 6.18. The second-order valence-corrected chi connectivity index (χ2v) is 4.61. The molecular weight excluding hydrogens is 248 g/mol. The molecule has 0 saturated carbocycles. The molecule has 2 atom stereocenters. The predicted molar refractivity (Wildman–Crippen MR) is 71.1 cm³/mol. The maximum Gasteiger partial charge on any atom is 0.326 e. The van der Waals surface area contributed by atoms with Gasteiger partial charge in [0, 0.05) is 0 Å². The van der Waals surface area contributed by atoms with E-state index in [0.29, 0.717) is 17.8 Å². The second-order valence-electron chi connectivity index (χ2n) is 4.61. The van der Waals surface area contributed by atoms with Crippen LogP contribution in [-0.4, -0.2) is 33.3 Å². The van der Waals surface area contributed by atoms with Crippen molar-refractivity contribution in [3.63, 3.8) is 0 Å². The number of amides is 2. The van der Waals surface area contributed by atoms with Crippen LogP contribution in [0.15, 0.2) is 0 Å². The van der Waals surface area contributed by atoms with E-state index in [2.05, 4.69) is 20.8 Å². The lowest BCUT2D eigenvalue weighted by molar-refractivity contribution is -0.140. The number of nitrogens with one attached hydrogen (secondary N) is 3. The smallest absolute Gasteiger partial charge is 0.326 e. The Morgan fingerprint density at radius 2 is 2.05 bits per heavy atom. The first kappa shape index (κ1) is 15.0. The number of carbonyl (C=O) groups excluding carboxylic acids is 1. The Bertz CT molecular complexity index is 450. The minimum atomic E-state index is -1.04. The number of aryl methyl sites for hydroxylation is 2. The van der Waals surface area contributed by atoms with E-state index < -0.39 is 18.0 Å². The molecule has 1 aromatic rings. The second kappa shape index (κ2) is 6.21. The van der Waals surface area contributed by atoms with Gasteiger partial charge in [0.1, 0.15) is 6.04 Å². The van der Waals surface area contributed by atoms with Gasteiger partial charge in [0.15, 0.2) is 0 Å². The third-order valence-electron chi connectivity index (χ3n) is 3.13. The van der Waals surface area contributed by atoms with E-state index in [1.807, 2.05) is 6.92 Å². The fourth-order valence-electron chi connectivity index (χ4n) is 1.71. The zero-order valence-corrected chi connectivity index (χ0v) is 11.6. The molecule has 0 bridgehead atoms. The normalized spacial score (nSPS) is 13.7. The Kier molecular flexibility index (Phi) is 4.91. The van der Waals surface area contributed by atoms with E-state index in [1.54, 1.807) is 20.8 Å². The number of aliphatic carboxylic acids is 1. The number of carboxylic acid groups (broad SMARTS) is 1. The summed E-state index contributed by atoms with van der Waals surface area (Å²) in [7, 11) is 0. The van der Waals surface area contributed by atoms with Crippen LogP contribution in [0.2, 0.25) is 0 Å². The molecule has 0 aliphatic rings. The van der Waals surface area contributed by atoms with Crippen molar-refractivity contribution in [2.75, 3.05) is 5.32 Å². The van der Waals surface area contributed by atoms with Crippen molar-refractivity contribution in [3.05, 3.63) is 11.4 Å². The lowest BCUT2D eigenvalue weighted by Gasteiger charge is -2.20. The number of urea groups is 1. The van der Waals surface area contributed by atoms with E-state index in [4.69, 9.17) is 5.11 Å². The number of carboxylic acids is 1. The average Bonchev–Trinajstić information content (AvgIpc) is 2.66. The number of aromatic nitrogens is 2. The highest BCUT2D eigenvalue weighted by atomic mass is 16.4. The molecule has 106 valence electrons. The lowest BCUT2D eigenvalue weighted by Crippen LogP contribution is -2.46. The highest BCUT2D eigenvalue weighted by molar-refractivity contribution is 5.93. The third-order valence-corrected chi connectivity index (χ3v) is 3.13. The summed E-state index contributed by atoms with van der Waals surface area (Å²) in [5, 5.41) is 20.9. The molecule has 7 heteroatoms. The van der Waals surface area contributed by atoms with E-state index in [1.165, 1.54) is 0 Å². The van der Waals surface area contributed by atoms with Crippen molar-refractivity contribution in [2.45, 2.75) is 40.2 Å². The summed E-state index contributed by atoms with van der Waals surface area (Å²) >= 11 is 0. The predicted octanol–water partition coefficient (Wildman–Crippen LogP) is 1.65. The number of H-pyrrole nitrogens is 1. The van der Waals surface area contributed by atoms with E-state index >= 15 is 0 Å². The summed E-state index contributed by atoms with van der Waals surface area (Å²) in [6, 6.07) is -1.45. The largest absolute Gasteiger partial charge is 0.480 e. The number of hydrogen-bond acceptors (Lipinski definition) is 3. The SMILES string of the molecule is CC[C@H](C)[C@H](NC(=O)Nc1c(C)n[nH]c1C)C(=O)O. The van der Waals surface area contributed by atoms with Crippen LogP contribution in [0, 0.1) is 19.8 Å². The van der Waals surface area contributed by atoms with Gasteiger partial charge in [-0.1, -0.05) is 20.3 Å². The maximum absolute atomic E-state index is 11.8. The topological polar surface area (TPSA) is 107 Å². The quantitative estimate of drug-likeness (QED) is 0.651. The van der Waals surface area contributed by atoms with E-state index in [9.17, 15) is 9.59 Å². The van der Waals surface area contributed by atoms with Crippen molar-refractivity contribution in [1.82, 2.24) is 15.5 Å². The van der Waals surface area contributed by atoms with Gasteiger partial charge in [-0.2, -0.15) is 5.10 Å². The molecule has 0 fully saturated rings. The van der Waals surface area contributed by atoms with Crippen LogP contribution >= 0.6 is 0 Å². The van der Waals surface area contributed by atoms with Gasteiger partial charge in [-0.3, -0.25) is 5.10 Å². The molecule has 0 saturated heterocycles. The fraction of sp³-hybridized carbons (Fsp3) is 0.583. The van der Waals surface area contributed by atoms with Crippen LogP contribution in [0.3, 0.4) is 0 Å². The molecule has 0 unspecified atom stereocenters. The Morgan fingerprint density at radius 3 is 2.47 bits per heavy atom. The van der Waals surface area contributed by atoms with E-state index in [-0.39, 0.29) is 5.92 Å². The highest BCUT2D eigenvalue weighted by Gasteiger charge is 2.25. The van der Waals surface area contributed by atoms with Gasteiger partial charge in [0.2, 0.25) is 0 Å². The van der Waals surface area contributed by atoms with Crippen molar-refractivity contribution >= 4 is 17.7 Å². The number of hydrogen-bond donors (Lipinski definition) is 4. The summed E-state index contributed by atoms with van der Waals surface area (Å²) in [5.74, 6) is -1.18. The lowest BCUT2D eigenvalue weighted by atomic mass is 9.99. The molecule has 0 aliphatic carbocycles. The molecule has 0 aromatic carbocycles. The van der Waals surface area contributed by atoms with Gasteiger partial charge in [0.25, 0.3) is 0 Å². The van der Waals surface area contributed by atoms with Crippen LogP contribution < -0.4 is 10.6 Å². The number of aromatic amines is 1. The van der Waals surface area contributed by atoms with Gasteiger partial charge < -0.3 is 15.7 Å². The van der Waals surface area contributed by atoms with E-state index in [0.717, 1.165) is 5.69 Å². The van der Waals surface area contributed by atoms with Crippen molar-refractivity contribution in [1.29, 1.82) is 0 Å². The number of anilines is 1. The molecule has 2 amide bonds. The van der Waals surface area contributed by atoms with Gasteiger partial charge >= 0.3 is 12.0 Å². The van der Waals surface area contributed by atoms with Crippen molar-refractivity contribution in [2.24, 2.45) is 5.92 Å². The Labute approximate surface area is 111 Å². The standard InChI is InChI=1S/C12H20N4O3/c1-5-6(2)9(11(17)18)13-12(19)14-10-7(3)15-16-8(10)4/h6,9H,5H2,1-4H3,(H,15,16)(H,17,18)(H2,13,14,19)/t6-,9-/m0/s1. The molecule has 1 heterocycles. The van der Waals surface area contributed by atoms with Gasteiger partial charge in [0.05, 0.1) is 17.1 Å². The molecule has 19 heavy (non-hydrogen) atoms. The summed E-state index contributed by atoms with van der Waals surface area (Å²) in [4.78, 5) is 22.9. The summed E-state index contributed by atoms with van der Waals surface area (Å²) in [6.07, 6.45) is 0.668. The van der Waals surface area contributed by atoms with Gasteiger partial charge in [-0.05, 0) is 19.8 Å². The summed E-state index contributed by atoms with van der Waals surface area (Å²) in [5.41, 5.74) is 1.96. The summed E-state index contributed by atoms with van der Waals surface area (Å²) < 4.78 is 0. The molecule has 1 aromatic heterocycles. The van der Waals surface area contributed by atoms with Crippen LogP contribution in [0.5, 0.6) is 0 Å². The summed E-state index contributed by atoms with van der Waals surface area (Å²) in [6.45, 7) is 7.19. The Balaban J connectivity index is 2.71. The average molecular weight is 268 g/mol. The first-order valence-corrected chi connectivity index (χ1v) is 6.18. The zero-order valence-electron chi connectivity index (χ0n) is 11.6. The highest BCUT2D eigenvalue weighted by Crippen LogP contribution is 2.16. The van der Waals surface area contributed by atoms with Crippen molar-refractivity contribution in [3.8, 4) is 0 Å². The van der Waals surface area contributed by atoms with Crippen molar-refractivity contribution < 1.29 is 14.7 Å². The third kappa shape index (κ3) is 3.70. The molecule has 7 nitrogen and oxygen atoms in total. The molecule has 4 N–H and O–H groups in total. The molecular formula is C12H20N4O3. The number of carbonyl (C=O) groups is 2. The van der Waals surface area contributed by atoms with Crippen LogP contribution in [0.25, 0.3) is 0 Å². The van der Waals surface area contributed by atoms with Gasteiger partial charge in [-0.15, -0.1) is 0 Å². The molecule has 1 rings (SSSR count). The molecule has 0 radical (unpaired) electrons. The first-order chi connectivity index (χ1) is 8.86. The molecule has 0 spiro atoms. The van der Waals surface area contributed by atoms with Crippen LogP contribution in [0.1, 0.15) is 31.7 Å².